The third-order valence-electron chi connectivity index (χ3n) is 1.20. The standard InChI is InChI=1S/C9H5NO3/c1-2-5-12-9(11)8-4-3-7(6-10)13-8/h1,3-4H,5H2. The number of carbonyl (C=O) groups is 1. The molecule has 0 aliphatic heterocycles. The molecule has 1 aromatic rings. The molecule has 0 aliphatic rings. The molecule has 4 nitrogen and oxygen atoms in total. The van der Waals surface area contributed by atoms with Crippen molar-refractivity contribution in [2.24, 2.45) is 0 Å². The molecule has 0 bridgehead atoms. The Morgan fingerprint density at radius 3 is 3.00 bits per heavy atom. The maximum atomic E-state index is 11.0. The molecular weight excluding hydrogens is 170 g/mol. The number of rotatable bonds is 2. The Balaban J connectivity index is 2.69. The van der Waals surface area contributed by atoms with Crippen LogP contribution in [-0.2, 0) is 4.74 Å². The van der Waals surface area contributed by atoms with E-state index in [9.17, 15) is 4.79 Å². The zero-order valence-corrected chi connectivity index (χ0v) is 6.61. The summed E-state index contributed by atoms with van der Waals surface area (Å²) < 4.78 is 9.34. The summed E-state index contributed by atoms with van der Waals surface area (Å²) in [7, 11) is 0. The number of hydrogen-bond acceptors (Lipinski definition) is 4. The molecule has 0 N–H and O–H groups in total. The fraction of sp³-hybridized carbons (Fsp3) is 0.111. The third-order valence-corrected chi connectivity index (χ3v) is 1.20. The lowest BCUT2D eigenvalue weighted by molar-refractivity contribution is 0.0520. The maximum absolute atomic E-state index is 11.0. The second-order valence-corrected chi connectivity index (χ2v) is 2.06. The Morgan fingerprint density at radius 1 is 1.69 bits per heavy atom. The first-order valence-corrected chi connectivity index (χ1v) is 3.38. The van der Waals surface area contributed by atoms with Gasteiger partial charge in [-0.25, -0.2) is 4.79 Å². The van der Waals surface area contributed by atoms with E-state index in [1.807, 2.05) is 0 Å². The van der Waals surface area contributed by atoms with E-state index in [0.717, 1.165) is 0 Å². The Bertz CT molecular complexity index is 392. The molecule has 0 aliphatic carbocycles. The van der Waals surface area contributed by atoms with Gasteiger partial charge in [0, 0.05) is 0 Å². The highest BCUT2D eigenvalue weighted by Crippen LogP contribution is 2.07. The van der Waals surface area contributed by atoms with E-state index in [-0.39, 0.29) is 18.1 Å². The predicted octanol–water partition coefficient (Wildman–Crippen LogP) is 0.941. The fourth-order valence-electron chi connectivity index (χ4n) is 0.686. The van der Waals surface area contributed by atoms with Gasteiger partial charge in [0.25, 0.3) is 0 Å². The van der Waals surface area contributed by atoms with E-state index in [1.165, 1.54) is 12.1 Å². The second-order valence-electron chi connectivity index (χ2n) is 2.06. The Labute approximate surface area is 74.7 Å². The summed E-state index contributed by atoms with van der Waals surface area (Å²) in [5.74, 6) is 1.51. The summed E-state index contributed by atoms with van der Waals surface area (Å²) in [6.45, 7) is -0.110. The zero-order valence-electron chi connectivity index (χ0n) is 6.61. The average Bonchev–Trinajstić information content (AvgIpc) is 2.62. The van der Waals surface area contributed by atoms with Gasteiger partial charge in [-0.05, 0) is 12.1 Å². The number of nitrogens with zero attached hydrogens (tertiary/aromatic N) is 1. The van der Waals surface area contributed by atoms with Crippen LogP contribution in [0.3, 0.4) is 0 Å². The number of terminal acetylenes is 1. The van der Waals surface area contributed by atoms with Crippen LogP contribution in [0.5, 0.6) is 0 Å². The van der Waals surface area contributed by atoms with Crippen molar-refractivity contribution in [3.63, 3.8) is 0 Å². The van der Waals surface area contributed by atoms with Crippen molar-refractivity contribution in [1.82, 2.24) is 0 Å². The molecule has 0 saturated heterocycles. The molecule has 1 aromatic heterocycles. The highest BCUT2D eigenvalue weighted by atomic mass is 16.5. The predicted molar refractivity (Wildman–Crippen MR) is 42.5 cm³/mol. The zero-order chi connectivity index (χ0) is 9.68. The number of esters is 1. The van der Waals surface area contributed by atoms with E-state index < -0.39 is 5.97 Å². The average molecular weight is 175 g/mol. The smallest absolute Gasteiger partial charge is 0.375 e. The van der Waals surface area contributed by atoms with Crippen LogP contribution in [-0.4, -0.2) is 12.6 Å². The Morgan fingerprint density at radius 2 is 2.46 bits per heavy atom. The van der Waals surface area contributed by atoms with Crippen LogP contribution < -0.4 is 0 Å². The number of hydrogen-bond donors (Lipinski definition) is 0. The van der Waals surface area contributed by atoms with Gasteiger partial charge in [0.1, 0.15) is 6.07 Å². The van der Waals surface area contributed by atoms with E-state index >= 15 is 0 Å². The first-order valence-electron chi connectivity index (χ1n) is 3.38. The summed E-state index contributed by atoms with van der Waals surface area (Å²) in [5.41, 5.74) is 0. The normalized spacial score (nSPS) is 8.46. The minimum atomic E-state index is -0.667. The molecule has 0 amide bonds. The topological polar surface area (TPSA) is 63.2 Å². The summed E-state index contributed by atoms with van der Waals surface area (Å²) in [5, 5.41) is 8.38. The SMILES string of the molecule is C#CCOC(=O)c1ccc(C#N)o1. The molecule has 0 aromatic carbocycles. The molecule has 0 atom stereocenters. The van der Waals surface area contributed by atoms with Crippen LogP contribution >= 0.6 is 0 Å². The number of furan rings is 1. The fourth-order valence-corrected chi connectivity index (χ4v) is 0.686. The molecule has 4 heteroatoms. The lowest BCUT2D eigenvalue weighted by Gasteiger charge is -1.94. The Hall–Kier alpha value is -2.20. The summed E-state index contributed by atoms with van der Waals surface area (Å²) in [4.78, 5) is 11.0. The van der Waals surface area contributed by atoms with E-state index in [2.05, 4.69) is 10.7 Å². The molecule has 1 rings (SSSR count). The lowest BCUT2D eigenvalue weighted by Crippen LogP contribution is -2.03. The molecule has 0 radical (unpaired) electrons. The van der Waals surface area contributed by atoms with E-state index in [0.29, 0.717) is 0 Å². The number of carbonyl (C=O) groups excluding carboxylic acids is 1. The summed E-state index contributed by atoms with van der Waals surface area (Å²) in [6.07, 6.45) is 4.88. The van der Waals surface area contributed by atoms with Crippen LogP contribution in [0.15, 0.2) is 16.5 Å². The van der Waals surface area contributed by atoms with Gasteiger partial charge in [-0.2, -0.15) is 5.26 Å². The highest BCUT2D eigenvalue weighted by Gasteiger charge is 2.11. The molecule has 13 heavy (non-hydrogen) atoms. The summed E-state index contributed by atoms with van der Waals surface area (Å²) >= 11 is 0. The van der Waals surface area contributed by atoms with Gasteiger partial charge in [-0.3, -0.25) is 0 Å². The largest absolute Gasteiger partial charge is 0.447 e. The molecule has 0 spiro atoms. The first-order chi connectivity index (χ1) is 6.27. The third kappa shape index (κ3) is 2.11. The van der Waals surface area contributed by atoms with Crippen LogP contribution in [0.1, 0.15) is 16.3 Å². The van der Waals surface area contributed by atoms with Crippen molar-refractivity contribution in [2.75, 3.05) is 6.61 Å². The monoisotopic (exact) mass is 175 g/mol. The molecule has 1 heterocycles. The van der Waals surface area contributed by atoms with Gasteiger partial charge in [-0.15, -0.1) is 6.42 Å². The minimum absolute atomic E-state index is 0.0215. The van der Waals surface area contributed by atoms with Crippen molar-refractivity contribution in [3.05, 3.63) is 23.7 Å². The van der Waals surface area contributed by atoms with Crippen LogP contribution in [0.25, 0.3) is 0 Å². The van der Waals surface area contributed by atoms with Crippen molar-refractivity contribution >= 4 is 5.97 Å². The molecule has 0 unspecified atom stereocenters. The van der Waals surface area contributed by atoms with Crippen LogP contribution in [0, 0.1) is 23.7 Å². The van der Waals surface area contributed by atoms with Gasteiger partial charge in [0.05, 0.1) is 0 Å². The Kier molecular flexibility index (Phi) is 2.73. The van der Waals surface area contributed by atoms with Gasteiger partial charge in [0.2, 0.25) is 11.5 Å². The second kappa shape index (κ2) is 3.99. The number of nitriles is 1. The van der Waals surface area contributed by atoms with Crippen molar-refractivity contribution < 1.29 is 13.9 Å². The number of ether oxygens (including phenoxy) is 1. The van der Waals surface area contributed by atoms with Gasteiger partial charge in [0.15, 0.2) is 6.61 Å². The van der Waals surface area contributed by atoms with Crippen LogP contribution in [0.4, 0.5) is 0 Å². The molecular formula is C9H5NO3. The van der Waals surface area contributed by atoms with E-state index in [4.69, 9.17) is 16.1 Å². The summed E-state index contributed by atoms with van der Waals surface area (Å²) in [6, 6.07) is 4.48. The van der Waals surface area contributed by atoms with Crippen molar-refractivity contribution in [2.45, 2.75) is 0 Å². The van der Waals surface area contributed by atoms with Crippen LogP contribution in [0.2, 0.25) is 0 Å². The van der Waals surface area contributed by atoms with Gasteiger partial charge >= 0.3 is 5.97 Å². The molecule has 64 valence electrons. The lowest BCUT2D eigenvalue weighted by atomic mass is 10.4. The van der Waals surface area contributed by atoms with E-state index in [1.54, 1.807) is 6.07 Å². The van der Waals surface area contributed by atoms with Gasteiger partial charge < -0.3 is 9.15 Å². The first kappa shape index (κ1) is 8.89. The maximum Gasteiger partial charge on any atom is 0.375 e. The molecule has 0 saturated carbocycles. The minimum Gasteiger partial charge on any atom is -0.447 e. The van der Waals surface area contributed by atoms with Crippen molar-refractivity contribution in [3.8, 4) is 18.4 Å². The quantitative estimate of drug-likeness (QED) is 0.495. The molecule has 0 fully saturated rings. The highest BCUT2D eigenvalue weighted by molar-refractivity contribution is 5.86. The van der Waals surface area contributed by atoms with Crippen molar-refractivity contribution in [1.29, 1.82) is 5.26 Å². The van der Waals surface area contributed by atoms with Gasteiger partial charge in [-0.1, -0.05) is 5.92 Å².